The third-order valence-electron chi connectivity index (χ3n) is 4.05. The SMILES string of the molecule is CCOC(=O)c1[nH]c2cc(Cl)cc(Cl)c2c1C=C(C(=O)O)c1cccc(N)c1. The van der Waals surface area contributed by atoms with E-state index in [4.69, 9.17) is 33.7 Å². The maximum Gasteiger partial charge on any atom is 0.355 e. The van der Waals surface area contributed by atoms with Crippen LogP contribution in [0.3, 0.4) is 0 Å². The number of aliphatic carboxylic acids is 1. The van der Waals surface area contributed by atoms with Gasteiger partial charge in [0.1, 0.15) is 5.69 Å². The number of halogens is 2. The van der Waals surface area contributed by atoms with Crippen molar-refractivity contribution in [1.29, 1.82) is 0 Å². The average molecular weight is 419 g/mol. The van der Waals surface area contributed by atoms with E-state index >= 15 is 0 Å². The Hall–Kier alpha value is -2.96. The minimum atomic E-state index is -1.18. The number of carbonyl (C=O) groups is 2. The first-order valence-electron chi connectivity index (χ1n) is 8.30. The number of carbonyl (C=O) groups excluding carboxylic acids is 1. The summed E-state index contributed by atoms with van der Waals surface area (Å²) in [4.78, 5) is 27.3. The Morgan fingerprint density at radius 1 is 1.25 bits per heavy atom. The van der Waals surface area contributed by atoms with Crippen LogP contribution in [-0.2, 0) is 9.53 Å². The number of fused-ring (bicyclic) bond motifs is 1. The summed E-state index contributed by atoms with van der Waals surface area (Å²) >= 11 is 12.4. The summed E-state index contributed by atoms with van der Waals surface area (Å²) in [7, 11) is 0. The first-order valence-corrected chi connectivity index (χ1v) is 9.06. The predicted octanol–water partition coefficient (Wildman–Crippen LogP) is 4.86. The van der Waals surface area contributed by atoms with Gasteiger partial charge in [-0.1, -0.05) is 35.3 Å². The highest BCUT2D eigenvalue weighted by Crippen LogP contribution is 2.35. The monoisotopic (exact) mass is 418 g/mol. The second-order valence-electron chi connectivity index (χ2n) is 5.93. The summed E-state index contributed by atoms with van der Waals surface area (Å²) in [5.41, 5.74) is 7.42. The predicted molar refractivity (Wildman–Crippen MR) is 111 cm³/mol. The van der Waals surface area contributed by atoms with Crippen molar-refractivity contribution in [2.45, 2.75) is 6.92 Å². The minimum absolute atomic E-state index is 0.0511. The molecule has 144 valence electrons. The third kappa shape index (κ3) is 3.83. The summed E-state index contributed by atoms with van der Waals surface area (Å²) in [5.74, 6) is -1.81. The summed E-state index contributed by atoms with van der Waals surface area (Å²) in [6, 6.07) is 9.58. The van der Waals surface area contributed by atoms with Crippen LogP contribution in [-0.4, -0.2) is 28.6 Å². The molecule has 0 atom stereocenters. The van der Waals surface area contributed by atoms with E-state index in [0.717, 1.165) is 0 Å². The molecule has 0 fully saturated rings. The highest BCUT2D eigenvalue weighted by molar-refractivity contribution is 6.39. The molecule has 3 aromatic rings. The number of rotatable bonds is 5. The van der Waals surface area contributed by atoms with Crippen LogP contribution < -0.4 is 5.73 Å². The molecule has 6 nitrogen and oxygen atoms in total. The van der Waals surface area contributed by atoms with Crippen molar-refractivity contribution in [3.05, 3.63) is 63.3 Å². The molecular formula is C20H16Cl2N2O4. The van der Waals surface area contributed by atoms with E-state index in [-0.39, 0.29) is 22.9 Å². The molecule has 0 spiro atoms. The number of hydrogen-bond donors (Lipinski definition) is 3. The van der Waals surface area contributed by atoms with E-state index in [1.54, 1.807) is 31.2 Å². The van der Waals surface area contributed by atoms with Crippen molar-refractivity contribution in [2.24, 2.45) is 0 Å². The van der Waals surface area contributed by atoms with Crippen molar-refractivity contribution >= 4 is 63.4 Å². The lowest BCUT2D eigenvalue weighted by Crippen LogP contribution is -2.07. The number of nitrogens with one attached hydrogen (secondary N) is 1. The van der Waals surface area contributed by atoms with E-state index in [0.29, 0.717) is 32.7 Å². The van der Waals surface area contributed by atoms with Crippen LogP contribution in [0.15, 0.2) is 36.4 Å². The zero-order valence-electron chi connectivity index (χ0n) is 14.8. The number of esters is 1. The number of carboxylic acid groups (broad SMARTS) is 1. The van der Waals surface area contributed by atoms with E-state index in [1.165, 1.54) is 18.2 Å². The number of aromatic amines is 1. The van der Waals surface area contributed by atoms with E-state index in [2.05, 4.69) is 4.98 Å². The van der Waals surface area contributed by atoms with Crippen molar-refractivity contribution in [3.8, 4) is 0 Å². The zero-order chi connectivity index (χ0) is 20.4. The van der Waals surface area contributed by atoms with Gasteiger partial charge in [-0.15, -0.1) is 0 Å². The van der Waals surface area contributed by atoms with Crippen LogP contribution in [0, 0.1) is 0 Å². The number of anilines is 1. The number of aromatic nitrogens is 1. The Balaban J connectivity index is 2.32. The van der Waals surface area contributed by atoms with Crippen molar-refractivity contribution in [3.63, 3.8) is 0 Å². The smallest absolute Gasteiger partial charge is 0.355 e. The molecule has 0 saturated carbocycles. The lowest BCUT2D eigenvalue weighted by Gasteiger charge is -2.06. The number of nitrogen functional groups attached to an aromatic ring is 1. The van der Waals surface area contributed by atoms with Crippen LogP contribution >= 0.6 is 23.2 Å². The van der Waals surface area contributed by atoms with Crippen LogP contribution in [0.4, 0.5) is 5.69 Å². The molecular weight excluding hydrogens is 403 g/mol. The average Bonchev–Trinajstić information content (AvgIpc) is 2.98. The fraction of sp³-hybridized carbons (Fsp3) is 0.100. The Morgan fingerprint density at radius 2 is 2.00 bits per heavy atom. The Kier molecular flexibility index (Phi) is 5.63. The van der Waals surface area contributed by atoms with Crippen LogP contribution in [0.5, 0.6) is 0 Å². The number of hydrogen-bond acceptors (Lipinski definition) is 4. The standard InChI is InChI=1S/C20H16Cl2N2O4/c1-2-28-20(27)18-14(17-15(22)7-11(21)8-16(17)24-18)9-13(19(25)26)10-4-3-5-12(23)6-10/h3-9,24H,2,23H2,1H3,(H,25,26). The number of H-pyrrole nitrogens is 1. The number of nitrogens with two attached hydrogens (primary N) is 1. The third-order valence-corrected chi connectivity index (χ3v) is 4.57. The van der Waals surface area contributed by atoms with Gasteiger partial charge < -0.3 is 20.6 Å². The normalized spacial score (nSPS) is 11.6. The van der Waals surface area contributed by atoms with Gasteiger partial charge in [0.05, 0.1) is 17.2 Å². The lowest BCUT2D eigenvalue weighted by atomic mass is 10.0. The Morgan fingerprint density at radius 3 is 2.64 bits per heavy atom. The van der Waals surface area contributed by atoms with Gasteiger partial charge >= 0.3 is 11.9 Å². The molecule has 0 radical (unpaired) electrons. The molecule has 4 N–H and O–H groups in total. The number of carboxylic acids is 1. The fourth-order valence-electron chi connectivity index (χ4n) is 2.90. The summed E-state index contributed by atoms with van der Waals surface area (Å²) in [6.07, 6.45) is 1.38. The second-order valence-corrected chi connectivity index (χ2v) is 6.78. The molecule has 0 amide bonds. The van der Waals surface area contributed by atoms with Crippen LogP contribution in [0.25, 0.3) is 22.6 Å². The molecule has 0 unspecified atom stereocenters. The summed E-state index contributed by atoms with van der Waals surface area (Å²) in [5, 5.41) is 10.9. The number of ether oxygens (including phenoxy) is 1. The molecule has 0 saturated heterocycles. The van der Waals surface area contributed by atoms with Gasteiger partial charge in [-0.05, 0) is 42.8 Å². The molecule has 0 aliphatic rings. The topological polar surface area (TPSA) is 105 Å². The minimum Gasteiger partial charge on any atom is -0.478 e. The van der Waals surface area contributed by atoms with E-state index < -0.39 is 11.9 Å². The fourth-order valence-corrected chi connectivity index (χ4v) is 3.50. The molecule has 8 heteroatoms. The quantitative estimate of drug-likeness (QED) is 0.311. The van der Waals surface area contributed by atoms with Gasteiger partial charge in [0.25, 0.3) is 0 Å². The summed E-state index contributed by atoms with van der Waals surface area (Å²) in [6.45, 7) is 1.84. The maximum absolute atomic E-state index is 12.4. The first kappa shape index (κ1) is 19.8. The van der Waals surface area contributed by atoms with Crippen molar-refractivity contribution in [2.75, 3.05) is 12.3 Å². The van der Waals surface area contributed by atoms with E-state index in [1.807, 2.05) is 0 Å². The van der Waals surface area contributed by atoms with Gasteiger partial charge in [-0.25, -0.2) is 9.59 Å². The molecule has 0 bridgehead atoms. The summed E-state index contributed by atoms with van der Waals surface area (Å²) < 4.78 is 5.09. The van der Waals surface area contributed by atoms with Crippen LogP contribution in [0.2, 0.25) is 10.0 Å². The molecule has 0 aliphatic heterocycles. The molecule has 1 aromatic heterocycles. The Bertz CT molecular complexity index is 1120. The Labute approximate surface area is 170 Å². The zero-order valence-corrected chi connectivity index (χ0v) is 16.3. The van der Waals surface area contributed by atoms with Gasteiger partial charge in [0.2, 0.25) is 0 Å². The number of benzene rings is 2. The molecule has 0 aliphatic carbocycles. The van der Waals surface area contributed by atoms with Crippen molar-refractivity contribution < 1.29 is 19.4 Å². The van der Waals surface area contributed by atoms with Crippen molar-refractivity contribution in [1.82, 2.24) is 4.98 Å². The van der Waals surface area contributed by atoms with Gasteiger partial charge in [-0.3, -0.25) is 0 Å². The van der Waals surface area contributed by atoms with Crippen LogP contribution in [0.1, 0.15) is 28.5 Å². The van der Waals surface area contributed by atoms with Gasteiger partial charge in [-0.2, -0.15) is 0 Å². The molecule has 1 heterocycles. The highest BCUT2D eigenvalue weighted by atomic mass is 35.5. The molecule has 28 heavy (non-hydrogen) atoms. The van der Waals surface area contributed by atoms with E-state index in [9.17, 15) is 14.7 Å². The maximum atomic E-state index is 12.4. The molecule has 3 rings (SSSR count). The first-order chi connectivity index (χ1) is 13.3. The second kappa shape index (κ2) is 7.96. The highest BCUT2D eigenvalue weighted by Gasteiger charge is 2.22. The van der Waals surface area contributed by atoms with Gasteiger partial charge in [0.15, 0.2) is 0 Å². The largest absolute Gasteiger partial charge is 0.478 e. The lowest BCUT2D eigenvalue weighted by molar-refractivity contribution is -0.130. The van der Waals surface area contributed by atoms with Gasteiger partial charge in [0, 0.05) is 27.2 Å². The molecule has 2 aromatic carbocycles.